The molecule has 0 atom stereocenters. The van der Waals surface area contributed by atoms with E-state index in [9.17, 15) is 5.11 Å². The number of thiocarbonyl (C=S) groups is 1. The molecule has 0 unspecified atom stereocenters. The molecule has 2 rings (SSSR count). The smallest absolute Gasteiger partial charge is 0.400 e. The number of hydrogen-bond donors (Lipinski definition) is 1. The van der Waals surface area contributed by atoms with Crippen LogP contribution in [0.15, 0.2) is 34.7 Å². The summed E-state index contributed by atoms with van der Waals surface area (Å²) >= 11 is 4.61. The highest BCUT2D eigenvalue weighted by Crippen LogP contribution is 2.38. The molecule has 0 bridgehead atoms. The summed E-state index contributed by atoms with van der Waals surface area (Å²) in [5.74, 6) is 0. The Morgan fingerprint density at radius 2 is 1.95 bits per heavy atom. The van der Waals surface area contributed by atoms with Crippen LogP contribution < -0.4 is 0 Å². The van der Waals surface area contributed by atoms with E-state index in [0.29, 0.717) is 5.47 Å². The van der Waals surface area contributed by atoms with Crippen LogP contribution in [0.2, 0.25) is 0 Å². The second-order valence-corrected chi connectivity index (χ2v) is 6.45. The van der Waals surface area contributed by atoms with Crippen molar-refractivity contribution in [1.29, 1.82) is 0 Å². The minimum absolute atomic E-state index is 0.141. The van der Waals surface area contributed by atoms with Crippen LogP contribution in [0.25, 0.3) is 6.08 Å². The molecule has 1 saturated heterocycles. The van der Waals surface area contributed by atoms with E-state index in [1.165, 1.54) is 0 Å². The van der Waals surface area contributed by atoms with Gasteiger partial charge in [0.05, 0.1) is 28.7 Å². The normalized spacial score (nSPS) is 19.9. The molecule has 4 nitrogen and oxygen atoms in total. The highest BCUT2D eigenvalue weighted by molar-refractivity contribution is 7.78. The zero-order chi connectivity index (χ0) is 16.4. The standard InChI is InChI=1S/C16H20BNO3S/c1-15(2)16(3,4)21-17(20-15)13(10-19)8-12-6-5-7-14(9-12)18-11-22/h5-9,19H,10H2,1-4H3. The van der Waals surface area contributed by atoms with Gasteiger partial charge in [-0.05, 0) is 63.1 Å². The SMILES string of the molecule is CC1(C)OB(C(=Cc2cccc(N=C=S)c2)CO)OC1(C)C. The highest BCUT2D eigenvalue weighted by atomic mass is 32.1. The number of aliphatic imine (C=N–C) groups is 1. The lowest BCUT2D eigenvalue weighted by molar-refractivity contribution is 0.00578. The molecule has 22 heavy (non-hydrogen) atoms. The summed E-state index contributed by atoms with van der Waals surface area (Å²) in [6.07, 6.45) is 1.85. The van der Waals surface area contributed by atoms with Gasteiger partial charge in [-0.15, -0.1) is 0 Å². The van der Waals surface area contributed by atoms with Crippen LogP contribution in [0, 0.1) is 0 Å². The summed E-state index contributed by atoms with van der Waals surface area (Å²) in [6, 6.07) is 7.49. The number of hydrogen-bond acceptors (Lipinski definition) is 5. The average molecular weight is 317 g/mol. The monoisotopic (exact) mass is 317 g/mol. The minimum Gasteiger partial charge on any atom is -0.400 e. The predicted octanol–water partition coefficient (Wildman–Crippen LogP) is 3.43. The van der Waals surface area contributed by atoms with E-state index in [1.807, 2.05) is 58.0 Å². The summed E-state index contributed by atoms with van der Waals surface area (Å²) in [5.41, 5.74) is 1.41. The fourth-order valence-electron chi connectivity index (χ4n) is 2.13. The molecule has 0 aliphatic carbocycles. The fourth-order valence-corrected chi connectivity index (χ4v) is 2.24. The molecule has 6 heteroatoms. The Balaban J connectivity index is 2.29. The highest BCUT2D eigenvalue weighted by Gasteiger charge is 2.52. The van der Waals surface area contributed by atoms with Crippen molar-refractivity contribution in [3.05, 3.63) is 35.3 Å². The van der Waals surface area contributed by atoms with Crippen molar-refractivity contribution in [2.75, 3.05) is 6.61 Å². The number of nitrogens with zero attached hydrogens (tertiary/aromatic N) is 1. The van der Waals surface area contributed by atoms with Gasteiger partial charge < -0.3 is 14.4 Å². The van der Waals surface area contributed by atoms with Gasteiger partial charge in [0.15, 0.2) is 0 Å². The summed E-state index contributed by atoms with van der Waals surface area (Å²) in [6.45, 7) is 7.79. The number of rotatable bonds is 4. The van der Waals surface area contributed by atoms with Crippen LogP contribution in [0.3, 0.4) is 0 Å². The van der Waals surface area contributed by atoms with Crippen molar-refractivity contribution in [3.63, 3.8) is 0 Å². The third-order valence-electron chi connectivity index (χ3n) is 4.14. The van der Waals surface area contributed by atoms with Crippen molar-refractivity contribution in [2.24, 2.45) is 4.99 Å². The lowest BCUT2D eigenvalue weighted by atomic mass is 9.77. The summed E-state index contributed by atoms with van der Waals surface area (Å²) in [5, 5.41) is 12.0. The Bertz CT molecular complexity index is 620. The molecule has 0 aromatic heterocycles. The largest absolute Gasteiger partial charge is 0.492 e. The molecule has 0 saturated carbocycles. The molecule has 0 spiro atoms. The Morgan fingerprint density at radius 3 is 2.50 bits per heavy atom. The van der Waals surface area contributed by atoms with Gasteiger partial charge in [0.25, 0.3) is 0 Å². The van der Waals surface area contributed by atoms with Gasteiger partial charge >= 0.3 is 7.12 Å². The topological polar surface area (TPSA) is 51.0 Å². The van der Waals surface area contributed by atoms with Gasteiger partial charge in [0, 0.05) is 0 Å². The summed E-state index contributed by atoms with van der Waals surface area (Å²) in [7, 11) is -0.562. The van der Waals surface area contributed by atoms with Crippen LogP contribution in [-0.4, -0.2) is 35.2 Å². The second kappa shape index (κ2) is 6.45. The Morgan fingerprint density at radius 1 is 1.32 bits per heavy atom. The van der Waals surface area contributed by atoms with Crippen molar-refractivity contribution < 1.29 is 14.4 Å². The van der Waals surface area contributed by atoms with E-state index in [1.54, 1.807) is 0 Å². The third kappa shape index (κ3) is 3.54. The Labute approximate surface area is 137 Å². The van der Waals surface area contributed by atoms with E-state index < -0.39 is 18.3 Å². The summed E-state index contributed by atoms with van der Waals surface area (Å²) in [4.78, 5) is 3.95. The molecule has 1 heterocycles. The van der Waals surface area contributed by atoms with Crippen LogP contribution in [-0.2, 0) is 9.31 Å². The zero-order valence-corrected chi connectivity index (χ0v) is 14.1. The molecule has 1 aliphatic heterocycles. The molecular weight excluding hydrogens is 297 g/mol. The van der Waals surface area contributed by atoms with Crippen LogP contribution in [0.4, 0.5) is 5.69 Å². The van der Waals surface area contributed by atoms with Crippen LogP contribution >= 0.6 is 12.2 Å². The van der Waals surface area contributed by atoms with Crippen molar-refractivity contribution in [1.82, 2.24) is 0 Å². The van der Waals surface area contributed by atoms with Crippen LogP contribution in [0.5, 0.6) is 0 Å². The first-order valence-electron chi connectivity index (χ1n) is 7.14. The van der Waals surface area contributed by atoms with E-state index >= 15 is 0 Å². The number of isothiocyanates is 1. The van der Waals surface area contributed by atoms with E-state index in [-0.39, 0.29) is 6.61 Å². The first-order chi connectivity index (χ1) is 10.3. The Hall–Kier alpha value is -1.30. The zero-order valence-electron chi connectivity index (χ0n) is 13.3. The lowest BCUT2D eigenvalue weighted by Gasteiger charge is -2.32. The number of aliphatic hydroxyl groups excluding tert-OH is 1. The van der Waals surface area contributed by atoms with Crippen molar-refractivity contribution in [2.45, 2.75) is 38.9 Å². The predicted molar refractivity (Wildman–Crippen MR) is 92.3 cm³/mol. The van der Waals surface area contributed by atoms with E-state index in [4.69, 9.17) is 9.31 Å². The molecule has 0 amide bonds. The number of aliphatic hydroxyl groups is 1. The lowest BCUT2D eigenvalue weighted by Crippen LogP contribution is -2.41. The second-order valence-electron chi connectivity index (χ2n) is 6.26. The van der Waals surface area contributed by atoms with Gasteiger partial charge in [-0.2, -0.15) is 4.99 Å². The van der Waals surface area contributed by atoms with E-state index in [2.05, 4.69) is 22.4 Å². The van der Waals surface area contributed by atoms with Crippen molar-refractivity contribution in [3.8, 4) is 0 Å². The molecular formula is C16H20BNO3S. The van der Waals surface area contributed by atoms with Gasteiger partial charge in [-0.3, -0.25) is 0 Å². The third-order valence-corrected chi connectivity index (χ3v) is 4.23. The maximum atomic E-state index is 9.68. The maximum absolute atomic E-state index is 9.68. The molecule has 0 radical (unpaired) electrons. The summed E-state index contributed by atoms with van der Waals surface area (Å²) < 4.78 is 11.9. The maximum Gasteiger partial charge on any atom is 0.492 e. The van der Waals surface area contributed by atoms with Gasteiger partial charge in [-0.1, -0.05) is 18.2 Å². The van der Waals surface area contributed by atoms with Gasteiger partial charge in [0.2, 0.25) is 0 Å². The first kappa shape index (κ1) is 17.1. The fraction of sp³-hybridized carbons (Fsp3) is 0.438. The molecule has 1 aromatic carbocycles. The molecule has 1 fully saturated rings. The Kier molecular flexibility index (Phi) is 5.00. The van der Waals surface area contributed by atoms with Crippen molar-refractivity contribution >= 4 is 36.3 Å². The molecule has 1 aliphatic rings. The molecule has 1 N–H and O–H groups in total. The molecule has 116 valence electrons. The minimum atomic E-state index is -0.562. The average Bonchev–Trinajstić information content (AvgIpc) is 2.65. The van der Waals surface area contributed by atoms with Crippen LogP contribution in [0.1, 0.15) is 33.3 Å². The number of benzene rings is 1. The quantitative estimate of drug-likeness (QED) is 0.525. The molecule has 1 aromatic rings. The van der Waals surface area contributed by atoms with E-state index in [0.717, 1.165) is 11.3 Å². The van der Waals surface area contributed by atoms with Gasteiger partial charge in [-0.25, -0.2) is 0 Å². The first-order valence-corrected chi connectivity index (χ1v) is 7.55. The van der Waals surface area contributed by atoms with Gasteiger partial charge in [0.1, 0.15) is 0 Å².